The van der Waals surface area contributed by atoms with E-state index in [4.69, 9.17) is 8.83 Å². The van der Waals surface area contributed by atoms with Gasteiger partial charge in [0, 0.05) is 12.1 Å². The van der Waals surface area contributed by atoms with Crippen molar-refractivity contribution >= 4 is 5.91 Å². The van der Waals surface area contributed by atoms with Crippen molar-refractivity contribution in [2.24, 2.45) is 0 Å². The van der Waals surface area contributed by atoms with E-state index in [9.17, 15) is 18.0 Å². The highest BCUT2D eigenvalue weighted by Gasteiger charge is 2.31. The normalized spacial score (nSPS) is 11.6. The number of carbonyl (C=O) groups excluding carboxylic acids is 1. The van der Waals surface area contributed by atoms with E-state index in [0.717, 1.165) is 12.1 Å². The molecule has 0 aliphatic carbocycles. The summed E-state index contributed by atoms with van der Waals surface area (Å²) >= 11 is 0. The number of halogens is 3. The van der Waals surface area contributed by atoms with Crippen LogP contribution in [-0.2, 0) is 12.7 Å². The monoisotopic (exact) mass is 379 g/mol. The van der Waals surface area contributed by atoms with Crippen LogP contribution in [0.3, 0.4) is 0 Å². The fraction of sp³-hybridized carbons (Fsp3) is 0.278. The van der Waals surface area contributed by atoms with Crippen LogP contribution in [0.25, 0.3) is 11.7 Å². The fourth-order valence-corrected chi connectivity index (χ4v) is 2.51. The minimum atomic E-state index is -4.52. The lowest BCUT2D eigenvalue weighted by atomic mass is 10.1. The van der Waals surface area contributed by atoms with E-state index >= 15 is 0 Å². The predicted molar refractivity (Wildman–Crippen MR) is 88.5 cm³/mol. The van der Waals surface area contributed by atoms with Gasteiger partial charge in [-0.05, 0) is 36.8 Å². The zero-order valence-corrected chi connectivity index (χ0v) is 14.4. The topological polar surface area (TPSA) is 72.4 Å². The Balaban J connectivity index is 1.80. The first-order valence-electron chi connectivity index (χ1n) is 8.21. The molecule has 0 atom stereocenters. The zero-order chi connectivity index (χ0) is 19.4. The Morgan fingerprint density at radius 3 is 2.67 bits per heavy atom. The Labute approximate surface area is 152 Å². The van der Waals surface area contributed by atoms with Gasteiger partial charge in [0.15, 0.2) is 5.76 Å². The molecule has 1 amide bonds. The summed E-state index contributed by atoms with van der Waals surface area (Å²) in [4.78, 5) is 14.1. The highest BCUT2D eigenvalue weighted by Crippen LogP contribution is 2.30. The van der Waals surface area contributed by atoms with Crippen LogP contribution < -0.4 is 0 Å². The lowest BCUT2D eigenvalue weighted by molar-refractivity contribution is -0.137. The first kappa shape index (κ1) is 18.7. The summed E-state index contributed by atoms with van der Waals surface area (Å²) in [5, 5.41) is 7.73. The van der Waals surface area contributed by atoms with Crippen molar-refractivity contribution in [2.75, 3.05) is 6.54 Å². The molecule has 0 radical (unpaired) electrons. The van der Waals surface area contributed by atoms with E-state index in [-0.39, 0.29) is 23.9 Å². The van der Waals surface area contributed by atoms with Crippen LogP contribution in [0.15, 0.2) is 51.5 Å². The largest absolute Gasteiger partial charge is 0.459 e. The van der Waals surface area contributed by atoms with Gasteiger partial charge in [-0.2, -0.15) is 13.2 Å². The van der Waals surface area contributed by atoms with Gasteiger partial charge >= 0.3 is 6.18 Å². The Bertz CT molecular complexity index is 904. The summed E-state index contributed by atoms with van der Waals surface area (Å²) < 4.78 is 49.3. The number of aromatic nitrogens is 2. The number of hydrogen-bond donors (Lipinski definition) is 0. The first-order chi connectivity index (χ1) is 12.9. The summed E-state index contributed by atoms with van der Waals surface area (Å²) in [6.07, 6.45) is -2.44. The highest BCUT2D eigenvalue weighted by molar-refractivity contribution is 5.94. The lowest BCUT2D eigenvalue weighted by Gasteiger charge is -2.20. The van der Waals surface area contributed by atoms with Gasteiger partial charge in [0.2, 0.25) is 5.89 Å². The molecule has 0 aliphatic heterocycles. The number of benzene rings is 1. The van der Waals surface area contributed by atoms with Crippen LogP contribution in [0.2, 0.25) is 0 Å². The maximum Gasteiger partial charge on any atom is 0.416 e. The minimum Gasteiger partial charge on any atom is -0.459 e. The number of hydrogen-bond acceptors (Lipinski definition) is 5. The molecular weight excluding hydrogens is 363 g/mol. The quantitative estimate of drug-likeness (QED) is 0.635. The second-order valence-electron chi connectivity index (χ2n) is 5.78. The Hall–Kier alpha value is -3.10. The molecule has 0 fully saturated rings. The second-order valence-corrected chi connectivity index (χ2v) is 5.78. The molecule has 0 aliphatic rings. The van der Waals surface area contributed by atoms with E-state index in [1.54, 1.807) is 12.1 Å². The van der Waals surface area contributed by atoms with Crippen LogP contribution in [0.5, 0.6) is 0 Å². The van der Waals surface area contributed by atoms with Gasteiger partial charge in [0.05, 0.1) is 18.4 Å². The number of furan rings is 1. The standard InChI is InChI=1S/C18H16F3N3O3/c1-2-8-24(11-15-22-23-16(27-15)14-7-4-9-26-14)17(25)12-5-3-6-13(10-12)18(19,20)21/h3-7,9-10H,2,8,11H2,1H3. The third-order valence-electron chi connectivity index (χ3n) is 3.74. The number of nitrogens with zero attached hydrogens (tertiary/aromatic N) is 3. The van der Waals surface area contributed by atoms with Crippen molar-refractivity contribution in [3.8, 4) is 11.7 Å². The fourth-order valence-electron chi connectivity index (χ4n) is 2.51. The molecule has 6 nitrogen and oxygen atoms in total. The molecule has 2 aromatic heterocycles. The number of alkyl halides is 3. The molecule has 3 rings (SSSR count). The molecular formula is C18H16F3N3O3. The van der Waals surface area contributed by atoms with Crippen LogP contribution in [0.4, 0.5) is 13.2 Å². The molecule has 0 saturated heterocycles. The average molecular weight is 379 g/mol. The highest BCUT2D eigenvalue weighted by atomic mass is 19.4. The van der Waals surface area contributed by atoms with E-state index < -0.39 is 17.6 Å². The second kappa shape index (κ2) is 7.65. The van der Waals surface area contributed by atoms with Gasteiger partial charge in [-0.15, -0.1) is 10.2 Å². The third-order valence-corrected chi connectivity index (χ3v) is 3.74. The minimum absolute atomic E-state index is 0.0172. The summed E-state index contributed by atoms with van der Waals surface area (Å²) in [5.74, 6) is 0.175. The smallest absolute Gasteiger partial charge is 0.416 e. The van der Waals surface area contributed by atoms with Gasteiger partial charge < -0.3 is 13.7 Å². The van der Waals surface area contributed by atoms with E-state index in [1.807, 2.05) is 6.92 Å². The van der Waals surface area contributed by atoms with Gasteiger partial charge in [-0.3, -0.25) is 4.79 Å². The van der Waals surface area contributed by atoms with Gasteiger partial charge in [0.1, 0.15) is 0 Å². The van der Waals surface area contributed by atoms with E-state index in [1.165, 1.54) is 23.3 Å². The predicted octanol–water partition coefficient (Wildman–Crippen LogP) is 4.40. The molecule has 27 heavy (non-hydrogen) atoms. The zero-order valence-electron chi connectivity index (χ0n) is 14.4. The lowest BCUT2D eigenvalue weighted by Crippen LogP contribution is -2.31. The summed E-state index contributed by atoms with van der Waals surface area (Å²) in [6, 6.07) is 7.64. The Kier molecular flexibility index (Phi) is 5.29. The molecule has 0 N–H and O–H groups in total. The number of rotatable bonds is 6. The Morgan fingerprint density at radius 2 is 2.00 bits per heavy atom. The average Bonchev–Trinajstić information content (AvgIpc) is 3.31. The summed E-state index contributed by atoms with van der Waals surface area (Å²) in [7, 11) is 0. The SMILES string of the molecule is CCCN(Cc1nnc(-c2ccco2)o1)C(=O)c1cccc(C(F)(F)F)c1. The maximum absolute atomic E-state index is 12.9. The Morgan fingerprint density at radius 1 is 1.19 bits per heavy atom. The van der Waals surface area contributed by atoms with Crippen molar-refractivity contribution < 1.29 is 26.8 Å². The van der Waals surface area contributed by atoms with Crippen molar-refractivity contribution in [3.63, 3.8) is 0 Å². The van der Waals surface area contributed by atoms with Gasteiger partial charge in [-0.1, -0.05) is 13.0 Å². The number of carbonyl (C=O) groups is 1. The molecule has 0 unspecified atom stereocenters. The molecule has 0 bridgehead atoms. The summed E-state index contributed by atoms with van der Waals surface area (Å²) in [5.41, 5.74) is -0.924. The van der Waals surface area contributed by atoms with Gasteiger partial charge in [0.25, 0.3) is 11.8 Å². The van der Waals surface area contributed by atoms with Crippen molar-refractivity contribution in [1.82, 2.24) is 15.1 Å². The maximum atomic E-state index is 12.9. The van der Waals surface area contributed by atoms with Gasteiger partial charge in [-0.25, -0.2) is 0 Å². The van der Waals surface area contributed by atoms with Crippen molar-refractivity contribution in [2.45, 2.75) is 26.1 Å². The van der Waals surface area contributed by atoms with Crippen LogP contribution in [-0.4, -0.2) is 27.5 Å². The molecule has 2 heterocycles. The first-order valence-corrected chi connectivity index (χ1v) is 8.21. The number of amides is 1. The van der Waals surface area contributed by atoms with E-state index in [2.05, 4.69) is 10.2 Å². The molecule has 0 spiro atoms. The van der Waals surface area contributed by atoms with E-state index in [0.29, 0.717) is 18.7 Å². The molecule has 142 valence electrons. The third kappa shape index (κ3) is 4.36. The van der Waals surface area contributed by atoms with Crippen LogP contribution in [0, 0.1) is 0 Å². The van der Waals surface area contributed by atoms with Crippen LogP contribution in [0.1, 0.15) is 35.2 Å². The summed E-state index contributed by atoms with van der Waals surface area (Å²) in [6.45, 7) is 2.17. The van der Waals surface area contributed by atoms with Crippen LogP contribution >= 0.6 is 0 Å². The van der Waals surface area contributed by atoms with Crippen molar-refractivity contribution in [1.29, 1.82) is 0 Å². The molecule has 1 aromatic carbocycles. The molecule has 0 saturated carbocycles. The molecule has 9 heteroatoms. The molecule has 3 aromatic rings. The van der Waals surface area contributed by atoms with Crippen molar-refractivity contribution in [3.05, 3.63) is 59.7 Å².